The second-order valence-electron chi connectivity index (χ2n) is 5.29. The van der Waals surface area contributed by atoms with Crippen molar-refractivity contribution in [2.45, 2.75) is 13.3 Å². The van der Waals surface area contributed by atoms with Crippen molar-refractivity contribution >= 4 is 39.0 Å². The summed E-state index contributed by atoms with van der Waals surface area (Å²) in [5.74, 6) is -0.875. The molecule has 1 aromatic carbocycles. The molecule has 0 aliphatic heterocycles. The summed E-state index contributed by atoms with van der Waals surface area (Å²) < 4.78 is 19.0. The fourth-order valence-electron chi connectivity index (χ4n) is 2.42. The Morgan fingerprint density at radius 3 is 3.00 bits per heavy atom. The van der Waals surface area contributed by atoms with Gasteiger partial charge in [0, 0.05) is 6.07 Å². The van der Waals surface area contributed by atoms with Crippen LogP contribution >= 0.6 is 11.3 Å². The Kier molecular flexibility index (Phi) is 4.95. The molecular weight excluding hydrogens is 359 g/mol. The van der Waals surface area contributed by atoms with Crippen molar-refractivity contribution < 1.29 is 19.0 Å². The Hall–Kier alpha value is -3.25. The molecule has 132 valence electrons. The highest BCUT2D eigenvalue weighted by Crippen LogP contribution is 2.36. The number of aromatic carboxylic acids is 1. The maximum atomic E-state index is 13.5. The van der Waals surface area contributed by atoms with Crippen LogP contribution in [-0.4, -0.2) is 27.7 Å². The van der Waals surface area contributed by atoms with Gasteiger partial charge in [0.2, 0.25) is 0 Å². The van der Waals surface area contributed by atoms with Gasteiger partial charge in [-0.1, -0.05) is 0 Å². The predicted octanol–water partition coefficient (Wildman–Crippen LogP) is 3.87. The first-order valence-corrected chi connectivity index (χ1v) is 8.36. The number of aromatic nitrogens is 2. The summed E-state index contributed by atoms with van der Waals surface area (Å²) in [7, 11) is 0. The lowest BCUT2D eigenvalue weighted by atomic mass is 10.2. The number of fused-ring (bicyclic) bond motifs is 1. The largest absolute Gasteiger partial charge is 0.490 e. The van der Waals surface area contributed by atoms with Crippen molar-refractivity contribution in [3.8, 4) is 11.8 Å². The van der Waals surface area contributed by atoms with Crippen LogP contribution in [0.2, 0.25) is 0 Å². The number of carboxylic acids is 1. The van der Waals surface area contributed by atoms with Gasteiger partial charge in [-0.2, -0.15) is 5.26 Å². The van der Waals surface area contributed by atoms with Gasteiger partial charge >= 0.3 is 5.97 Å². The van der Waals surface area contributed by atoms with Crippen LogP contribution in [0.5, 0.6) is 5.75 Å². The monoisotopic (exact) mass is 372 g/mol. The fourth-order valence-corrected chi connectivity index (χ4v) is 3.41. The number of ether oxygens (including phenoxy) is 1. The van der Waals surface area contributed by atoms with Crippen LogP contribution in [0.15, 0.2) is 24.5 Å². The molecule has 0 unspecified atom stereocenters. The summed E-state index contributed by atoms with van der Waals surface area (Å²) in [4.78, 5) is 20.4. The van der Waals surface area contributed by atoms with Crippen LogP contribution in [0.1, 0.15) is 21.7 Å². The quantitative estimate of drug-likeness (QED) is 0.632. The van der Waals surface area contributed by atoms with Crippen molar-refractivity contribution in [1.82, 2.24) is 9.97 Å². The number of nitrogens with zero attached hydrogens (tertiary/aromatic N) is 3. The Labute approximate surface area is 151 Å². The zero-order valence-electron chi connectivity index (χ0n) is 13.6. The van der Waals surface area contributed by atoms with Gasteiger partial charge in [0.15, 0.2) is 0 Å². The van der Waals surface area contributed by atoms with Gasteiger partial charge in [-0.3, -0.25) is 0 Å². The van der Waals surface area contributed by atoms with Gasteiger partial charge < -0.3 is 15.2 Å². The van der Waals surface area contributed by atoms with Gasteiger partial charge in [0.05, 0.1) is 23.6 Å². The zero-order chi connectivity index (χ0) is 18.7. The molecule has 2 aromatic heterocycles. The number of nitrogens with one attached hydrogen (secondary N) is 1. The molecule has 26 heavy (non-hydrogen) atoms. The third-order valence-corrected chi connectivity index (χ3v) is 4.78. The first-order valence-electron chi connectivity index (χ1n) is 7.55. The number of halogens is 1. The Morgan fingerprint density at radius 2 is 2.27 bits per heavy atom. The number of aryl methyl sites for hydroxylation is 1. The molecule has 3 aromatic rings. The van der Waals surface area contributed by atoms with Gasteiger partial charge in [-0.05, 0) is 24.6 Å². The molecule has 0 spiro atoms. The predicted molar refractivity (Wildman–Crippen MR) is 94.5 cm³/mol. The summed E-state index contributed by atoms with van der Waals surface area (Å²) in [5.41, 5.74) is 1.00. The van der Waals surface area contributed by atoms with E-state index in [0.717, 1.165) is 11.3 Å². The van der Waals surface area contributed by atoms with E-state index in [9.17, 15) is 14.3 Å². The van der Waals surface area contributed by atoms with E-state index in [0.29, 0.717) is 27.3 Å². The molecule has 0 bridgehead atoms. The minimum atomic E-state index is -1.03. The number of carbonyl (C=O) groups is 1. The maximum absolute atomic E-state index is 13.5. The van der Waals surface area contributed by atoms with E-state index in [2.05, 4.69) is 15.3 Å². The highest BCUT2D eigenvalue weighted by atomic mass is 32.1. The lowest BCUT2D eigenvalue weighted by molar-refractivity contribution is 0.0701. The zero-order valence-corrected chi connectivity index (χ0v) is 14.4. The number of hydrogen-bond donors (Lipinski definition) is 2. The average molecular weight is 372 g/mol. The minimum Gasteiger partial charge on any atom is -0.490 e. The molecule has 2 heterocycles. The maximum Gasteiger partial charge on any atom is 0.346 e. The standard InChI is InChI=1S/C17H13FN4O3S/c1-9-13-15(20-8-21-16(13)26-14(9)17(23)24)22-11-4-3-10(18)7-12(11)25-6-2-5-19/h3-4,7-8H,2,6H2,1H3,(H,23,24)(H,20,21,22). The van der Waals surface area contributed by atoms with Crippen molar-refractivity contribution in [3.63, 3.8) is 0 Å². The average Bonchev–Trinajstić information content (AvgIpc) is 2.95. The van der Waals surface area contributed by atoms with E-state index in [1.54, 1.807) is 6.92 Å². The first-order chi connectivity index (χ1) is 12.5. The number of rotatable bonds is 6. The van der Waals surface area contributed by atoms with E-state index in [-0.39, 0.29) is 23.7 Å². The topological polar surface area (TPSA) is 108 Å². The smallest absolute Gasteiger partial charge is 0.346 e. The van der Waals surface area contributed by atoms with E-state index >= 15 is 0 Å². The van der Waals surface area contributed by atoms with Crippen molar-refractivity contribution in [1.29, 1.82) is 5.26 Å². The highest BCUT2D eigenvalue weighted by molar-refractivity contribution is 7.20. The molecule has 0 amide bonds. The van der Waals surface area contributed by atoms with E-state index in [1.807, 2.05) is 6.07 Å². The van der Waals surface area contributed by atoms with Crippen LogP contribution in [0.3, 0.4) is 0 Å². The summed E-state index contributed by atoms with van der Waals surface area (Å²) in [6, 6.07) is 5.92. The minimum absolute atomic E-state index is 0.120. The summed E-state index contributed by atoms with van der Waals surface area (Å²) in [5, 5.41) is 21.5. The van der Waals surface area contributed by atoms with Crippen molar-refractivity contribution in [2.75, 3.05) is 11.9 Å². The Balaban J connectivity index is 2.02. The highest BCUT2D eigenvalue weighted by Gasteiger charge is 2.19. The van der Waals surface area contributed by atoms with Gasteiger partial charge in [-0.25, -0.2) is 19.2 Å². The number of anilines is 2. The molecule has 0 aliphatic rings. The summed E-state index contributed by atoms with van der Waals surface area (Å²) >= 11 is 1.06. The molecule has 0 saturated heterocycles. The second kappa shape index (κ2) is 7.33. The lowest BCUT2D eigenvalue weighted by Gasteiger charge is -2.13. The van der Waals surface area contributed by atoms with Crippen LogP contribution in [0.25, 0.3) is 10.2 Å². The Morgan fingerprint density at radius 1 is 1.46 bits per heavy atom. The molecule has 0 atom stereocenters. The summed E-state index contributed by atoms with van der Waals surface area (Å²) in [6.07, 6.45) is 1.49. The molecule has 9 heteroatoms. The third-order valence-electron chi connectivity index (χ3n) is 3.59. The molecular formula is C17H13FN4O3S. The molecule has 7 nitrogen and oxygen atoms in total. The lowest BCUT2D eigenvalue weighted by Crippen LogP contribution is -2.02. The molecule has 3 rings (SSSR count). The van der Waals surface area contributed by atoms with E-state index in [4.69, 9.17) is 10.00 Å². The van der Waals surface area contributed by atoms with Crippen LogP contribution in [-0.2, 0) is 0 Å². The molecule has 2 N–H and O–H groups in total. The third kappa shape index (κ3) is 3.41. The van der Waals surface area contributed by atoms with Gasteiger partial charge in [-0.15, -0.1) is 11.3 Å². The molecule has 0 radical (unpaired) electrons. The normalized spacial score (nSPS) is 10.5. The summed E-state index contributed by atoms with van der Waals surface area (Å²) in [6.45, 7) is 1.81. The van der Waals surface area contributed by atoms with Crippen LogP contribution in [0.4, 0.5) is 15.9 Å². The van der Waals surface area contributed by atoms with E-state index in [1.165, 1.54) is 24.5 Å². The molecule has 0 fully saturated rings. The number of carboxylic acid groups (broad SMARTS) is 1. The molecule has 0 aliphatic carbocycles. The van der Waals surface area contributed by atoms with Gasteiger partial charge in [0.1, 0.15) is 40.0 Å². The van der Waals surface area contributed by atoms with E-state index < -0.39 is 11.8 Å². The number of benzene rings is 1. The number of hydrogen-bond acceptors (Lipinski definition) is 7. The number of thiophene rings is 1. The Bertz CT molecular complexity index is 1030. The van der Waals surface area contributed by atoms with Crippen molar-refractivity contribution in [3.05, 3.63) is 40.8 Å². The fraction of sp³-hybridized carbons (Fsp3) is 0.176. The van der Waals surface area contributed by atoms with Gasteiger partial charge in [0.25, 0.3) is 0 Å². The SMILES string of the molecule is Cc1c(C(=O)O)sc2ncnc(Nc3ccc(F)cc3OCCC#N)c12. The van der Waals surface area contributed by atoms with Crippen molar-refractivity contribution in [2.24, 2.45) is 0 Å². The second-order valence-corrected chi connectivity index (χ2v) is 6.28. The molecule has 0 saturated carbocycles. The van der Waals surface area contributed by atoms with Crippen LogP contribution in [0, 0.1) is 24.1 Å². The van der Waals surface area contributed by atoms with Crippen LogP contribution < -0.4 is 10.1 Å². The first kappa shape index (κ1) is 17.6. The number of nitriles is 1.